The Kier molecular flexibility index (Phi) is 7.14. The van der Waals surface area contributed by atoms with E-state index in [1.807, 2.05) is 13.1 Å². The molecule has 1 amide bonds. The molecule has 1 aromatic carbocycles. The zero-order valence-corrected chi connectivity index (χ0v) is 21.6. The van der Waals surface area contributed by atoms with E-state index in [1.165, 1.54) is 12.5 Å². The first kappa shape index (κ1) is 24.9. The standard InChI is InChI=1S/C25H33N7O3S/c1-4-10-36-25-27-23(31(3)18-12-17(18)15-8-6-5-7-9-15)20-24(28-25)32(30-29-20)19-11-16(13-26-14(2)33)21(34)22(19)35/h5-9,16-19,21-22,34-35H,4,10-13H2,1-3H3,(H,26,33)/t16-,17?,18?,19-,21+,22+/m1/s1. The third-order valence-corrected chi connectivity index (χ3v) is 8.29. The lowest BCUT2D eigenvalue weighted by Gasteiger charge is -2.20. The van der Waals surface area contributed by atoms with Crippen LogP contribution in [0.4, 0.5) is 5.82 Å². The van der Waals surface area contributed by atoms with Gasteiger partial charge in [0.1, 0.15) is 6.10 Å². The smallest absolute Gasteiger partial charge is 0.216 e. The number of aromatic nitrogens is 5. The molecule has 6 atom stereocenters. The third-order valence-electron chi connectivity index (χ3n) is 7.23. The number of carbonyl (C=O) groups is 1. The van der Waals surface area contributed by atoms with Gasteiger partial charge in [-0.1, -0.05) is 54.2 Å². The van der Waals surface area contributed by atoms with Crippen LogP contribution in [0.5, 0.6) is 0 Å². The topological polar surface area (TPSA) is 129 Å². The number of thioether (sulfide) groups is 1. The Hall–Kier alpha value is -2.76. The number of benzene rings is 1. The van der Waals surface area contributed by atoms with Gasteiger partial charge in [0, 0.05) is 44.1 Å². The van der Waals surface area contributed by atoms with Gasteiger partial charge in [-0.25, -0.2) is 14.6 Å². The number of nitrogens with one attached hydrogen (secondary N) is 1. The van der Waals surface area contributed by atoms with Crippen LogP contribution < -0.4 is 10.2 Å². The van der Waals surface area contributed by atoms with E-state index in [1.54, 1.807) is 16.4 Å². The third kappa shape index (κ3) is 4.79. The molecule has 11 heteroatoms. The molecular formula is C25H33N7O3S. The van der Waals surface area contributed by atoms with Gasteiger partial charge in [0.2, 0.25) is 5.91 Å². The first-order chi connectivity index (χ1) is 17.4. The molecular weight excluding hydrogens is 478 g/mol. The predicted molar refractivity (Wildman–Crippen MR) is 138 cm³/mol. The average molecular weight is 512 g/mol. The van der Waals surface area contributed by atoms with E-state index in [4.69, 9.17) is 9.97 Å². The Morgan fingerprint density at radius 2 is 1.97 bits per heavy atom. The Morgan fingerprint density at radius 1 is 1.19 bits per heavy atom. The van der Waals surface area contributed by atoms with E-state index in [2.05, 4.69) is 51.7 Å². The largest absolute Gasteiger partial charge is 0.390 e. The average Bonchev–Trinajstić information content (AvgIpc) is 3.50. The molecule has 192 valence electrons. The summed E-state index contributed by atoms with van der Waals surface area (Å²) < 4.78 is 1.63. The highest BCUT2D eigenvalue weighted by molar-refractivity contribution is 7.99. The minimum absolute atomic E-state index is 0.168. The Balaban J connectivity index is 1.46. The SMILES string of the molecule is CCCSc1nc(N(C)C2CC2c2ccccc2)c2nnn([C@@H]3C[C@H](CNC(C)=O)[C@H](O)[C@H]3O)c2n1. The summed E-state index contributed by atoms with van der Waals surface area (Å²) in [7, 11) is 2.04. The lowest BCUT2D eigenvalue weighted by atomic mass is 10.1. The van der Waals surface area contributed by atoms with Crippen molar-refractivity contribution in [2.45, 2.75) is 68.5 Å². The molecule has 0 bridgehead atoms. The molecule has 3 aromatic rings. The number of anilines is 1. The van der Waals surface area contributed by atoms with Crippen LogP contribution in [0.15, 0.2) is 35.5 Å². The Morgan fingerprint density at radius 3 is 2.69 bits per heavy atom. The van der Waals surface area contributed by atoms with Crippen molar-refractivity contribution in [3.63, 3.8) is 0 Å². The first-order valence-corrected chi connectivity index (χ1v) is 13.5. The van der Waals surface area contributed by atoms with E-state index in [0.717, 1.165) is 24.4 Å². The van der Waals surface area contributed by atoms with E-state index in [-0.39, 0.29) is 11.8 Å². The zero-order valence-electron chi connectivity index (χ0n) is 20.8. The minimum Gasteiger partial charge on any atom is -0.390 e. The molecule has 2 aliphatic rings. The molecule has 2 aliphatic carbocycles. The monoisotopic (exact) mass is 511 g/mol. The van der Waals surface area contributed by atoms with Gasteiger partial charge in [-0.15, -0.1) is 5.10 Å². The molecule has 0 spiro atoms. The summed E-state index contributed by atoms with van der Waals surface area (Å²) in [6.45, 7) is 3.84. The predicted octanol–water partition coefficient (Wildman–Crippen LogP) is 2.13. The van der Waals surface area contributed by atoms with E-state index in [0.29, 0.717) is 41.2 Å². The van der Waals surface area contributed by atoms with Gasteiger partial charge in [-0.2, -0.15) is 0 Å². The highest BCUT2D eigenvalue weighted by Gasteiger charge is 2.45. The van der Waals surface area contributed by atoms with Crippen molar-refractivity contribution >= 4 is 34.7 Å². The number of fused-ring (bicyclic) bond motifs is 1. The number of hydrogen-bond acceptors (Lipinski definition) is 9. The van der Waals surface area contributed by atoms with Crippen molar-refractivity contribution in [1.29, 1.82) is 0 Å². The van der Waals surface area contributed by atoms with Gasteiger partial charge in [0.05, 0.1) is 12.1 Å². The summed E-state index contributed by atoms with van der Waals surface area (Å²) >= 11 is 1.59. The second-order valence-electron chi connectivity index (χ2n) is 9.80. The number of hydrogen-bond donors (Lipinski definition) is 3. The van der Waals surface area contributed by atoms with Gasteiger partial charge in [-0.05, 0) is 24.8 Å². The van der Waals surface area contributed by atoms with Gasteiger partial charge >= 0.3 is 0 Å². The molecule has 5 rings (SSSR count). The Bertz CT molecular complexity index is 1220. The number of amides is 1. The van der Waals surface area contributed by atoms with E-state index in [9.17, 15) is 15.0 Å². The van der Waals surface area contributed by atoms with E-state index >= 15 is 0 Å². The van der Waals surface area contributed by atoms with Gasteiger partial charge in [-0.3, -0.25) is 4.79 Å². The van der Waals surface area contributed by atoms with Crippen molar-refractivity contribution in [2.24, 2.45) is 5.92 Å². The van der Waals surface area contributed by atoms with Crippen LogP contribution in [0.1, 0.15) is 50.6 Å². The van der Waals surface area contributed by atoms with E-state index < -0.39 is 18.2 Å². The molecule has 0 aliphatic heterocycles. The second kappa shape index (κ2) is 10.3. The highest BCUT2D eigenvalue weighted by Crippen LogP contribution is 2.46. The minimum atomic E-state index is -1.04. The maximum Gasteiger partial charge on any atom is 0.216 e. The number of likely N-dealkylation sites (N-methyl/N-ethyl adjacent to an activating group) is 1. The van der Waals surface area contributed by atoms with Crippen molar-refractivity contribution in [1.82, 2.24) is 30.3 Å². The fourth-order valence-electron chi connectivity index (χ4n) is 5.17. The summed E-state index contributed by atoms with van der Waals surface area (Å²) in [6, 6.07) is 10.3. The number of aliphatic hydroxyl groups excluding tert-OH is 2. The van der Waals surface area contributed by atoms with Crippen LogP contribution >= 0.6 is 11.8 Å². The Labute approximate surface area is 214 Å². The van der Waals surface area contributed by atoms with Gasteiger partial charge < -0.3 is 20.4 Å². The normalized spacial score (nSPS) is 27.4. The highest BCUT2D eigenvalue weighted by atomic mass is 32.2. The number of rotatable bonds is 9. The lowest BCUT2D eigenvalue weighted by molar-refractivity contribution is -0.119. The molecule has 2 aromatic heterocycles. The molecule has 2 saturated carbocycles. The fourth-order valence-corrected chi connectivity index (χ4v) is 5.86. The van der Waals surface area contributed by atoms with Crippen LogP contribution in [0.3, 0.4) is 0 Å². The summed E-state index contributed by atoms with van der Waals surface area (Å²) in [4.78, 5) is 23.2. The van der Waals surface area contributed by atoms with Crippen molar-refractivity contribution in [3.8, 4) is 0 Å². The molecule has 2 unspecified atom stereocenters. The molecule has 10 nitrogen and oxygen atoms in total. The van der Waals surface area contributed by atoms with Crippen LogP contribution in [0, 0.1) is 5.92 Å². The summed E-state index contributed by atoms with van der Waals surface area (Å²) in [5.74, 6) is 1.60. The van der Waals surface area contributed by atoms with Crippen LogP contribution in [0.2, 0.25) is 0 Å². The molecule has 2 heterocycles. The summed E-state index contributed by atoms with van der Waals surface area (Å²) in [6.07, 6.45) is 0.466. The zero-order chi connectivity index (χ0) is 25.4. The quantitative estimate of drug-likeness (QED) is 0.292. The fraction of sp³-hybridized carbons (Fsp3) is 0.560. The van der Waals surface area contributed by atoms with Crippen LogP contribution in [-0.4, -0.2) is 78.7 Å². The summed E-state index contributed by atoms with van der Waals surface area (Å²) in [5.41, 5.74) is 2.46. The van der Waals surface area contributed by atoms with Gasteiger partial charge in [0.25, 0.3) is 0 Å². The van der Waals surface area contributed by atoms with Crippen LogP contribution in [-0.2, 0) is 4.79 Å². The summed E-state index contributed by atoms with van der Waals surface area (Å²) in [5, 5.41) is 33.7. The maximum absolute atomic E-state index is 11.4. The molecule has 36 heavy (non-hydrogen) atoms. The second-order valence-corrected chi connectivity index (χ2v) is 10.9. The number of carbonyl (C=O) groups excluding carboxylic acids is 1. The number of nitrogens with zero attached hydrogens (tertiary/aromatic N) is 6. The molecule has 3 N–H and O–H groups in total. The van der Waals surface area contributed by atoms with Crippen molar-refractivity contribution in [2.75, 3.05) is 24.2 Å². The molecule has 2 fully saturated rings. The lowest BCUT2D eigenvalue weighted by Crippen LogP contribution is -2.35. The first-order valence-electron chi connectivity index (χ1n) is 12.5. The maximum atomic E-state index is 11.4. The molecule has 0 saturated heterocycles. The van der Waals surface area contributed by atoms with Crippen molar-refractivity contribution < 1.29 is 15.0 Å². The van der Waals surface area contributed by atoms with Gasteiger partial charge in [0.15, 0.2) is 22.1 Å². The number of aliphatic hydroxyl groups is 2. The van der Waals surface area contributed by atoms with Crippen LogP contribution in [0.25, 0.3) is 11.2 Å². The molecule has 0 radical (unpaired) electrons. The van der Waals surface area contributed by atoms with Crippen molar-refractivity contribution in [3.05, 3.63) is 35.9 Å².